The van der Waals surface area contributed by atoms with Gasteiger partial charge in [0, 0.05) is 40.6 Å². The quantitative estimate of drug-likeness (QED) is 0.346. The molecule has 174 valence electrons. The monoisotopic (exact) mass is 477 g/mol. The lowest BCUT2D eigenvalue weighted by Crippen LogP contribution is -2.19. The molecule has 2 aliphatic rings. The molecule has 0 radical (unpaired) electrons. The highest BCUT2D eigenvalue weighted by Gasteiger charge is 2.30. The van der Waals surface area contributed by atoms with Crippen molar-refractivity contribution in [2.75, 3.05) is 6.61 Å². The van der Waals surface area contributed by atoms with E-state index >= 15 is 0 Å². The van der Waals surface area contributed by atoms with Crippen LogP contribution in [-0.4, -0.2) is 31.3 Å². The first-order valence-corrected chi connectivity index (χ1v) is 12.1. The molecular weight excluding hydrogens is 453 g/mol. The van der Waals surface area contributed by atoms with E-state index < -0.39 is 5.82 Å². The number of halogens is 2. The Morgan fingerprint density at radius 3 is 2.68 bits per heavy atom. The van der Waals surface area contributed by atoms with Crippen LogP contribution in [0.1, 0.15) is 66.4 Å². The summed E-state index contributed by atoms with van der Waals surface area (Å²) in [5, 5.41) is 4.88. The molecule has 1 aromatic carbocycles. The van der Waals surface area contributed by atoms with E-state index in [-0.39, 0.29) is 12.0 Å². The summed E-state index contributed by atoms with van der Waals surface area (Å²) in [5.41, 5.74) is 5.85. The third-order valence-electron chi connectivity index (χ3n) is 6.89. The zero-order valence-electron chi connectivity index (χ0n) is 19.1. The molecule has 8 heteroatoms. The van der Waals surface area contributed by atoms with Crippen molar-refractivity contribution in [3.05, 3.63) is 70.1 Å². The number of aromatic nitrogens is 5. The number of pyridine rings is 1. The summed E-state index contributed by atoms with van der Waals surface area (Å²) in [7, 11) is 0. The second kappa shape index (κ2) is 8.40. The van der Waals surface area contributed by atoms with E-state index in [9.17, 15) is 4.39 Å². The fraction of sp³-hybridized carbons (Fsp3) is 0.385. The Bertz CT molecular complexity index is 1400. The van der Waals surface area contributed by atoms with Crippen LogP contribution in [-0.2, 0) is 4.74 Å². The van der Waals surface area contributed by atoms with Crippen LogP contribution >= 0.6 is 11.6 Å². The van der Waals surface area contributed by atoms with Crippen molar-refractivity contribution in [2.45, 2.75) is 57.6 Å². The maximum Gasteiger partial charge on any atom is 0.134 e. The molecule has 34 heavy (non-hydrogen) atoms. The number of ether oxygens (including phenoxy) is 1. The maximum atomic E-state index is 15.0. The van der Waals surface area contributed by atoms with Gasteiger partial charge in [-0.2, -0.15) is 5.10 Å². The minimum Gasteiger partial charge on any atom is -0.373 e. The van der Waals surface area contributed by atoms with Crippen LogP contribution in [0.15, 0.2) is 36.7 Å². The smallest absolute Gasteiger partial charge is 0.134 e. The van der Waals surface area contributed by atoms with E-state index in [2.05, 4.69) is 16.0 Å². The van der Waals surface area contributed by atoms with Crippen molar-refractivity contribution in [3.63, 3.8) is 0 Å². The Labute approximate surface area is 202 Å². The molecule has 4 aromatic rings. The summed E-state index contributed by atoms with van der Waals surface area (Å²) in [4.78, 5) is 14.5. The zero-order chi connectivity index (χ0) is 23.4. The number of nitrogens with zero attached hydrogens (tertiary/aromatic N) is 5. The third-order valence-corrected chi connectivity index (χ3v) is 7.12. The summed E-state index contributed by atoms with van der Waals surface area (Å²) in [5.74, 6) is -0.263. The molecule has 0 amide bonds. The molecule has 1 aliphatic carbocycles. The van der Waals surface area contributed by atoms with E-state index in [0.29, 0.717) is 34.4 Å². The van der Waals surface area contributed by atoms with Gasteiger partial charge in [0.05, 0.1) is 35.2 Å². The van der Waals surface area contributed by atoms with Gasteiger partial charge in [-0.25, -0.2) is 19.3 Å². The van der Waals surface area contributed by atoms with Gasteiger partial charge in [-0.1, -0.05) is 11.6 Å². The van der Waals surface area contributed by atoms with Crippen LogP contribution < -0.4 is 0 Å². The van der Waals surface area contributed by atoms with E-state index in [1.54, 1.807) is 12.1 Å². The van der Waals surface area contributed by atoms with Gasteiger partial charge >= 0.3 is 0 Å². The highest BCUT2D eigenvalue weighted by molar-refractivity contribution is 6.30. The van der Waals surface area contributed by atoms with Crippen LogP contribution in [0.5, 0.6) is 0 Å². The minimum absolute atomic E-state index is 0.0368. The normalized spacial score (nSPS) is 20.7. The van der Waals surface area contributed by atoms with E-state index in [1.807, 2.05) is 26.1 Å². The third kappa shape index (κ3) is 3.97. The second-order valence-corrected chi connectivity index (χ2v) is 9.78. The van der Waals surface area contributed by atoms with Gasteiger partial charge in [0.25, 0.3) is 0 Å². The Morgan fingerprint density at radius 1 is 1.06 bits per heavy atom. The lowest BCUT2D eigenvalue weighted by Gasteiger charge is -2.29. The molecule has 3 aromatic heterocycles. The van der Waals surface area contributed by atoms with Gasteiger partial charge < -0.3 is 4.74 Å². The predicted octanol–water partition coefficient (Wildman–Crippen LogP) is 6.27. The summed E-state index contributed by atoms with van der Waals surface area (Å²) in [6.07, 6.45) is 8.02. The van der Waals surface area contributed by atoms with Gasteiger partial charge in [0.15, 0.2) is 0 Å². The van der Waals surface area contributed by atoms with Crippen molar-refractivity contribution in [1.29, 1.82) is 0 Å². The number of fused-ring (bicyclic) bond motifs is 1. The van der Waals surface area contributed by atoms with Crippen molar-refractivity contribution in [3.8, 4) is 11.3 Å². The molecule has 0 spiro atoms. The fourth-order valence-electron chi connectivity index (χ4n) is 4.68. The topological polar surface area (TPSA) is 65.7 Å². The van der Waals surface area contributed by atoms with Gasteiger partial charge in [0.2, 0.25) is 0 Å². The first-order chi connectivity index (χ1) is 16.5. The summed E-state index contributed by atoms with van der Waals surface area (Å²) in [6.45, 7) is 4.47. The van der Waals surface area contributed by atoms with Gasteiger partial charge in [-0.05, 0) is 63.8 Å². The molecule has 1 saturated heterocycles. The molecule has 4 heterocycles. The standard InChI is InChI=1S/C26H25ClFN5O/c1-14-15(2)31-26-23(30-14)11-22(32-25(26)20-6-3-18(27)10-21(20)28)16-7-8-34-24(9-16)17-12-29-33(13-17)19-4-5-19/h3,6,10-13,16,19,24H,4-5,7-9H2,1-2H3/t16-,24-/m1/s1. The minimum atomic E-state index is -0.421. The van der Waals surface area contributed by atoms with Crippen molar-refractivity contribution < 1.29 is 9.13 Å². The Balaban J connectivity index is 1.41. The number of hydrogen-bond donors (Lipinski definition) is 0. The molecule has 6 rings (SSSR count). The van der Waals surface area contributed by atoms with Crippen LogP contribution in [0.3, 0.4) is 0 Å². The average molecular weight is 478 g/mol. The highest BCUT2D eigenvalue weighted by atomic mass is 35.5. The summed E-state index contributed by atoms with van der Waals surface area (Å²) in [6, 6.07) is 7.20. The molecule has 1 saturated carbocycles. The molecule has 1 aliphatic heterocycles. The number of aryl methyl sites for hydroxylation is 2. The second-order valence-electron chi connectivity index (χ2n) is 9.35. The molecular formula is C26H25ClFN5O. The van der Waals surface area contributed by atoms with Crippen LogP contribution in [0.4, 0.5) is 4.39 Å². The Morgan fingerprint density at radius 2 is 1.88 bits per heavy atom. The average Bonchev–Trinajstić information content (AvgIpc) is 3.56. The number of rotatable bonds is 4. The first-order valence-electron chi connectivity index (χ1n) is 11.7. The van der Waals surface area contributed by atoms with Gasteiger partial charge in [-0.3, -0.25) is 4.68 Å². The molecule has 0 unspecified atom stereocenters. The lowest BCUT2D eigenvalue weighted by molar-refractivity contribution is 0.00462. The number of hydrogen-bond acceptors (Lipinski definition) is 5. The zero-order valence-corrected chi connectivity index (χ0v) is 19.9. The van der Waals surface area contributed by atoms with Crippen molar-refractivity contribution in [2.24, 2.45) is 0 Å². The van der Waals surface area contributed by atoms with Crippen molar-refractivity contribution in [1.82, 2.24) is 24.7 Å². The van der Waals surface area contributed by atoms with Gasteiger partial charge in [-0.15, -0.1) is 0 Å². The molecule has 6 nitrogen and oxygen atoms in total. The lowest BCUT2D eigenvalue weighted by atomic mass is 9.89. The highest BCUT2D eigenvalue weighted by Crippen LogP contribution is 2.40. The molecule has 2 fully saturated rings. The number of benzene rings is 1. The summed E-state index contributed by atoms with van der Waals surface area (Å²) >= 11 is 6.01. The summed E-state index contributed by atoms with van der Waals surface area (Å²) < 4.78 is 23.1. The van der Waals surface area contributed by atoms with Crippen LogP contribution in [0.2, 0.25) is 5.02 Å². The van der Waals surface area contributed by atoms with Crippen LogP contribution in [0, 0.1) is 19.7 Å². The van der Waals surface area contributed by atoms with Gasteiger partial charge in [0.1, 0.15) is 17.0 Å². The molecule has 0 N–H and O–H groups in total. The fourth-order valence-corrected chi connectivity index (χ4v) is 4.84. The van der Waals surface area contributed by atoms with Crippen molar-refractivity contribution >= 4 is 22.6 Å². The van der Waals surface area contributed by atoms with E-state index in [1.165, 1.54) is 18.9 Å². The van der Waals surface area contributed by atoms with Crippen LogP contribution in [0.25, 0.3) is 22.3 Å². The maximum absolute atomic E-state index is 15.0. The predicted molar refractivity (Wildman–Crippen MR) is 128 cm³/mol. The van der Waals surface area contributed by atoms with E-state index in [4.69, 9.17) is 31.3 Å². The molecule has 2 atom stereocenters. The molecule has 0 bridgehead atoms. The first kappa shape index (κ1) is 21.6. The Kier molecular flexibility index (Phi) is 5.34. The Hall–Kier alpha value is -2.90. The largest absolute Gasteiger partial charge is 0.373 e. The SMILES string of the molecule is Cc1nc2cc([C@@H]3CCO[C@@H](c4cnn(C5CC5)c4)C3)nc(-c3ccc(Cl)cc3F)c2nc1C. The van der Waals surface area contributed by atoms with E-state index in [0.717, 1.165) is 41.0 Å².